The first-order valence-electron chi connectivity index (χ1n) is 12.4. The van der Waals surface area contributed by atoms with Crippen LogP contribution in [0.3, 0.4) is 0 Å². The summed E-state index contributed by atoms with van der Waals surface area (Å²) >= 11 is 0. The fourth-order valence-corrected chi connectivity index (χ4v) is 5.88. The Morgan fingerprint density at radius 1 is 0.833 bits per heavy atom. The van der Waals surface area contributed by atoms with Gasteiger partial charge < -0.3 is 10.1 Å². The van der Waals surface area contributed by atoms with E-state index in [-0.39, 0.29) is 11.1 Å². The Balaban J connectivity index is 1.73. The Hall–Kier alpha value is -3.92. The van der Waals surface area contributed by atoms with Crippen molar-refractivity contribution >= 4 is 28.7 Å². The van der Waals surface area contributed by atoms with Crippen LogP contribution in [0.5, 0.6) is 11.5 Å². The highest BCUT2D eigenvalue weighted by molar-refractivity contribution is 5.95. The van der Waals surface area contributed by atoms with Crippen molar-refractivity contribution in [2.45, 2.75) is 52.6 Å². The summed E-state index contributed by atoms with van der Waals surface area (Å²) in [6.07, 6.45) is 5.40. The summed E-state index contributed by atoms with van der Waals surface area (Å²) in [5.41, 5.74) is 8.83. The first-order chi connectivity index (χ1) is 17.0. The number of allylic oxidation sites excluding steroid dienone is 2. The van der Waals surface area contributed by atoms with Crippen molar-refractivity contribution in [1.82, 2.24) is 0 Å². The van der Waals surface area contributed by atoms with Crippen molar-refractivity contribution < 1.29 is 9.53 Å². The number of nitrogens with one attached hydrogen (secondary N) is 1. The molecule has 3 aliphatic heterocycles. The summed E-state index contributed by atoms with van der Waals surface area (Å²) in [5, 5.41) is 5.54. The molecule has 4 nitrogen and oxygen atoms in total. The van der Waals surface area contributed by atoms with Crippen LogP contribution in [0.4, 0.5) is 5.69 Å². The maximum absolute atomic E-state index is 12.1. The second kappa shape index (κ2) is 7.54. The maximum atomic E-state index is 12.1. The smallest absolute Gasteiger partial charge is 0.150 e. The molecule has 4 heteroatoms. The fraction of sp³-hybridized carbons (Fsp3) is 0.250. The first-order valence-corrected chi connectivity index (χ1v) is 12.4. The van der Waals surface area contributed by atoms with Gasteiger partial charge in [-0.1, -0.05) is 36.4 Å². The van der Waals surface area contributed by atoms with Crippen molar-refractivity contribution in [3.63, 3.8) is 0 Å². The van der Waals surface area contributed by atoms with Crippen LogP contribution in [0.25, 0.3) is 16.7 Å². The minimum absolute atomic E-state index is 0.151. The van der Waals surface area contributed by atoms with E-state index in [0.717, 1.165) is 61.9 Å². The van der Waals surface area contributed by atoms with Gasteiger partial charge in [0, 0.05) is 50.9 Å². The Labute approximate surface area is 211 Å². The molecule has 6 rings (SSSR count). The zero-order valence-corrected chi connectivity index (χ0v) is 21.6. The predicted octanol–water partition coefficient (Wildman–Crippen LogP) is 6.27. The maximum Gasteiger partial charge on any atom is 0.150 e. The van der Waals surface area contributed by atoms with Crippen molar-refractivity contribution in [1.29, 1.82) is 0 Å². The molecule has 0 fully saturated rings. The minimum atomic E-state index is -0.271. The molecule has 3 aromatic carbocycles. The van der Waals surface area contributed by atoms with Gasteiger partial charge in [0.1, 0.15) is 11.5 Å². The second-order valence-corrected chi connectivity index (χ2v) is 11.2. The molecule has 0 atom stereocenters. The molecule has 1 N–H and O–H groups in total. The quantitative estimate of drug-likeness (QED) is 0.348. The lowest BCUT2D eigenvalue weighted by Crippen LogP contribution is -2.32. The van der Waals surface area contributed by atoms with E-state index in [1.54, 1.807) is 0 Å². The van der Waals surface area contributed by atoms with Crippen LogP contribution in [0.15, 0.2) is 65.7 Å². The number of carbonyl (C=O) groups is 1. The minimum Gasteiger partial charge on any atom is -0.456 e. The van der Waals surface area contributed by atoms with Gasteiger partial charge in [0.2, 0.25) is 0 Å². The van der Waals surface area contributed by atoms with E-state index in [2.05, 4.69) is 83.3 Å². The molecule has 3 aliphatic rings. The van der Waals surface area contributed by atoms with Crippen LogP contribution in [-0.2, 0) is 0 Å². The van der Waals surface area contributed by atoms with Crippen LogP contribution in [0, 0.1) is 0 Å². The topological polar surface area (TPSA) is 50.7 Å². The van der Waals surface area contributed by atoms with Crippen LogP contribution in [0.2, 0.25) is 0 Å². The third-order valence-corrected chi connectivity index (χ3v) is 7.20. The van der Waals surface area contributed by atoms with E-state index in [4.69, 9.17) is 9.73 Å². The largest absolute Gasteiger partial charge is 0.456 e. The molecular weight excluding hydrogens is 444 g/mol. The summed E-state index contributed by atoms with van der Waals surface area (Å²) in [4.78, 5) is 17.1. The predicted molar refractivity (Wildman–Crippen MR) is 146 cm³/mol. The fourth-order valence-electron chi connectivity index (χ4n) is 5.88. The molecule has 0 radical (unpaired) electrons. The van der Waals surface area contributed by atoms with Crippen LogP contribution >= 0.6 is 0 Å². The average molecular weight is 475 g/mol. The van der Waals surface area contributed by atoms with Crippen LogP contribution in [-0.4, -0.2) is 17.4 Å². The summed E-state index contributed by atoms with van der Waals surface area (Å²) in [6, 6.07) is 16.3. The number of fused-ring (bicyclic) bond motifs is 4. The molecule has 0 saturated carbocycles. The van der Waals surface area contributed by atoms with Crippen molar-refractivity contribution in [2.24, 2.45) is 4.99 Å². The van der Waals surface area contributed by atoms with Gasteiger partial charge in [-0.25, -0.2) is 0 Å². The lowest BCUT2D eigenvalue weighted by Gasteiger charge is -2.33. The van der Waals surface area contributed by atoms with Gasteiger partial charge >= 0.3 is 0 Å². The molecule has 0 saturated heterocycles. The molecule has 0 unspecified atom stereocenters. The van der Waals surface area contributed by atoms with Crippen LogP contribution in [0.1, 0.15) is 74.2 Å². The lowest BCUT2D eigenvalue weighted by molar-refractivity contribution is 0.112. The number of rotatable bonds is 2. The summed E-state index contributed by atoms with van der Waals surface area (Å²) in [5.74, 6) is 1.53. The molecule has 36 heavy (non-hydrogen) atoms. The van der Waals surface area contributed by atoms with Gasteiger partial charge in [-0.3, -0.25) is 9.79 Å². The first kappa shape index (κ1) is 22.5. The highest BCUT2D eigenvalue weighted by atomic mass is 16.5. The van der Waals surface area contributed by atoms with Gasteiger partial charge in [0.15, 0.2) is 6.29 Å². The monoisotopic (exact) mass is 474 g/mol. The van der Waals surface area contributed by atoms with E-state index in [9.17, 15) is 4.79 Å². The van der Waals surface area contributed by atoms with E-state index >= 15 is 0 Å². The third-order valence-electron chi connectivity index (χ3n) is 7.20. The van der Waals surface area contributed by atoms with E-state index in [0.29, 0.717) is 5.56 Å². The highest BCUT2D eigenvalue weighted by Crippen LogP contribution is 2.44. The lowest BCUT2D eigenvalue weighted by atomic mass is 9.84. The van der Waals surface area contributed by atoms with E-state index < -0.39 is 0 Å². The zero-order chi connectivity index (χ0) is 25.4. The summed E-state index contributed by atoms with van der Waals surface area (Å²) < 4.78 is 6.59. The molecule has 0 amide bonds. The molecule has 3 aromatic rings. The third kappa shape index (κ3) is 3.51. The van der Waals surface area contributed by atoms with Gasteiger partial charge in [0.25, 0.3) is 0 Å². The molecule has 0 aromatic heterocycles. The normalized spacial score (nSPS) is 18.1. The molecule has 0 aliphatic carbocycles. The molecule has 3 heterocycles. The molecule has 0 bridgehead atoms. The zero-order valence-electron chi connectivity index (χ0n) is 21.6. The number of benzene rings is 3. The standard InChI is InChI=1S/C32H30N2O2/c1-18-15-31(3,4)33-26-13-28-24(11-22(18)26)30(21-10-8-7-9-20(21)17-35)25-12-23-19(2)16-32(5,6)34-27(23)14-29(25)36-28/h7-17,33H,1-6H3. The molecule has 180 valence electrons. The number of carbonyl (C=O) groups excluding carboxylic acids is 1. The van der Waals surface area contributed by atoms with E-state index in [1.165, 1.54) is 11.1 Å². The SMILES string of the molecule is CC1=CC(C)(C)Nc2cc3c(cc21)C(c1ccccc1C=O)=c1cc2c(cc1O3)=NC(C)(C)C=C2C. The van der Waals surface area contributed by atoms with Crippen molar-refractivity contribution in [3.8, 4) is 11.5 Å². The highest BCUT2D eigenvalue weighted by Gasteiger charge is 2.29. The Morgan fingerprint density at radius 2 is 1.58 bits per heavy atom. The summed E-state index contributed by atoms with van der Waals surface area (Å²) in [7, 11) is 0. The second-order valence-electron chi connectivity index (χ2n) is 11.2. The van der Waals surface area contributed by atoms with Gasteiger partial charge in [-0.05, 0) is 70.4 Å². The number of hydrogen-bond acceptors (Lipinski definition) is 4. The van der Waals surface area contributed by atoms with Crippen LogP contribution < -0.4 is 20.6 Å². The van der Waals surface area contributed by atoms with Gasteiger partial charge in [-0.15, -0.1) is 0 Å². The van der Waals surface area contributed by atoms with Gasteiger partial charge in [0.05, 0.1) is 16.4 Å². The molecular formula is C32H30N2O2. The van der Waals surface area contributed by atoms with Gasteiger partial charge in [-0.2, -0.15) is 0 Å². The number of ether oxygens (including phenoxy) is 1. The number of hydrogen-bond donors (Lipinski definition) is 1. The van der Waals surface area contributed by atoms with Crippen molar-refractivity contribution in [2.75, 3.05) is 5.32 Å². The molecule has 0 spiro atoms. The Morgan fingerprint density at radius 3 is 2.36 bits per heavy atom. The number of anilines is 1. The average Bonchev–Trinajstić information content (AvgIpc) is 2.79. The Bertz CT molecular complexity index is 1670. The number of nitrogens with zero attached hydrogens (tertiary/aromatic N) is 1. The number of aldehydes is 1. The summed E-state index contributed by atoms with van der Waals surface area (Å²) in [6.45, 7) is 12.8. The van der Waals surface area contributed by atoms with Crippen molar-refractivity contribution in [3.05, 3.63) is 99.1 Å². The van der Waals surface area contributed by atoms with E-state index in [1.807, 2.05) is 24.3 Å². The Kier molecular flexibility index (Phi) is 4.72.